The standard InChI is InChI=1S/C20H20N6O2S/c1-13-6-2-5-9-17(13)26-20(23-24-25-26)29-12-18(27)22-16-8-4-3-7-15(16)19(28)21-14-10-11-14/h2-9,14H,10-12H2,1H3,(H,21,28)(H,22,27). The number of aryl methyl sites for hydroxylation is 1. The summed E-state index contributed by atoms with van der Waals surface area (Å²) in [6.07, 6.45) is 2.01. The molecule has 148 valence electrons. The van der Waals surface area contributed by atoms with E-state index >= 15 is 0 Å². The molecule has 1 saturated carbocycles. The van der Waals surface area contributed by atoms with Crippen LogP contribution in [0, 0.1) is 6.92 Å². The number of para-hydroxylation sites is 2. The zero-order valence-corrected chi connectivity index (χ0v) is 16.6. The van der Waals surface area contributed by atoms with Crippen LogP contribution >= 0.6 is 11.8 Å². The van der Waals surface area contributed by atoms with Crippen LogP contribution < -0.4 is 10.6 Å². The molecule has 2 aromatic carbocycles. The summed E-state index contributed by atoms with van der Waals surface area (Å²) < 4.78 is 1.62. The highest BCUT2D eigenvalue weighted by atomic mass is 32.2. The number of benzene rings is 2. The highest BCUT2D eigenvalue weighted by Gasteiger charge is 2.25. The Morgan fingerprint density at radius 2 is 1.90 bits per heavy atom. The van der Waals surface area contributed by atoms with E-state index < -0.39 is 0 Å². The van der Waals surface area contributed by atoms with Crippen molar-refractivity contribution < 1.29 is 9.59 Å². The topological polar surface area (TPSA) is 102 Å². The summed E-state index contributed by atoms with van der Waals surface area (Å²) in [5.41, 5.74) is 2.85. The minimum atomic E-state index is -0.235. The van der Waals surface area contributed by atoms with E-state index in [-0.39, 0.29) is 23.6 Å². The van der Waals surface area contributed by atoms with Crippen molar-refractivity contribution in [2.24, 2.45) is 0 Å². The molecule has 1 aliphatic rings. The molecule has 0 spiro atoms. The van der Waals surface area contributed by atoms with Gasteiger partial charge in [0.15, 0.2) is 0 Å². The monoisotopic (exact) mass is 408 g/mol. The van der Waals surface area contributed by atoms with Gasteiger partial charge in [-0.25, -0.2) is 0 Å². The summed E-state index contributed by atoms with van der Waals surface area (Å²) in [7, 11) is 0. The Labute approximate surface area is 172 Å². The molecule has 0 atom stereocenters. The van der Waals surface area contributed by atoms with Crippen LogP contribution in [-0.4, -0.2) is 43.8 Å². The van der Waals surface area contributed by atoms with Crippen molar-refractivity contribution >= 4 is 29.3 Å². The second-order valence-electron chi connectivity index (χ2n) is 6.79. The number of tetrazole rings is 1. The molecule has 3 aromatic rings. The number of nitrogens with zero attached hydrogens (tertiary/aromatic N) is 4. The van der Waals surface area contributed by atoms with E-state index in [9.17, 15) is 9.59 Å². The molecule has 8 nitrogen and oxygen atoms in total. The van der Waals surface area contributed by atoms with Gasteiger partial charge in [-0.3, -0.25) is 9.59 Å². The number of aromatic nitrogens is 4. The summed E-state index contributed by atoms with van der Waals surface area (Å²) in [6.45, 7) is 1.97. The molecule has 1 aromatic heterocycles. The smallest absolute Gasteiger partial charge is 0.253 e. The lowest BCUT2D eigenvalue weighted by Crippen LogP contribution is -2.27. The van der Waals surface area contributed by atoms with E-state index in [4.69, 9.17) is 0 Å². The summed E-state index contributed by atoms with van der Waals surface area (Å²) >= 11 is 1.23. The number of carbonyl (C=O) groups excluding carboxylic acids is 2. The van der Waals surface area contributed by atoms with Crippen LogP contribution in [0.1, 0.15) is 28.8 Å². The Hall–Kier alpha value is -3.20. The Balaban J connectivity index is 1.41. The number of thioether (sulfide) groups is 1. The van der Waals surface area contributed by atoms with Crippen LogP contribution in [0.3, 0.4) is 0 Å². The van der Waals surface area contributed by atoms with E-state index in [2.05, 4.69) is 26.2 Å². The Morgan fingerprint density at radius 1 is 1.14 bits per heavy atom. The largest absolute Gasteiger partial charge is 0.349 e. The molecule has 0 aliphatic heterocycles. The van der Waals surface area contributed by atoms with Gasteiger partial charge in [0.05, 0.1) is 22.7 Å². The highest BCUT2D eigenvalue weighted by Crippen LogP contribution is 2.23. The predicted molar refractivity (Wildman–Crippen MR) is 110 cm³/mol. The highest BCUT2D eigenvalue weighted by molar-refractivity contribution is 7.99. The minimum absolute atomic E-state index is 0.116. The first-order valence-electron chi connectivity index (χ1n) is 9.29. The van der Waals surface area contributed by atoms with Gasteiger partial charge in [0.1, 0.15) is 0 Å². The first-order valence-corrected chi connectivity index (χ1v) is 10.3. The van der Waals surface area contributed by atoms with Crippen LogP contribution in [-0.2, 0) is 4.79 Å². The molecule has 2 amide bonds. The molecule has 0 radical (unpaired) electrons. The van der Waals surface area contributed by atoms with Crippen molar-refractivity contribution in [3.8, 4) is 5.69 Å². The second-order valence-corrected chi connectivity index (χ2v) is 7.73. The summed E-state index contributed by atoms with van der Waals surface area (Å²) in [6, 6.07) is 15.0. The fraction of sp³-hybridized carbons (Fsp3) is 0.250. The number of nitrogens with one attached hydrogen (secondary N) is 2. The maximum absolute atomic E-state index is 12.5. The maximum Gasteiger partial charge on any atom is 0.253 e. The van der Waals surface area contributed by atoms with Gasteiger partial charge in [0.25, 0.3) is 5.91 Å². The fourth-order valence-corrected chi connectivity index (χ4v) is 3.50. The zero-order chi connectivity index (χ0) is 20.2. The van der Waals surface area contributed by atoms with E-state index in [0.717, 1.165) is 24.1 Å². The normalized spacial score (nSPS) is 13.1. The number of amides is 2. The lowest BCUT2D eigenvalue weighted by molar-refractivity contribution is -0.113. The summed E-state index contributed by atoms with van der Waals surface area (Å²) in [5.74, 6) is -0.286. The van der Waals surface area contributed by atoms with Crippen molar-refractivity contribution in [3.05, 3.63) is 59.7 Å². The van der Waals surface area contributed by atoms with Gasteiger partial charge in [-0.2, -0.15) is 4.68 Å². The van der Waals surface area contributed by atoms with Gasteiger partial charge in [-0.15, -0.1) is 5.10 Å². The second kappa shape index (κ2) is 8.44. The Morgan fingerprint density at radius 3 is 2.69 bits per heavy atom. The molecule has 0 saturated heterocycles. The molecule has 0 bridgehead atoms. The zero-order valence-electron chi connectivity index (χ0n) is 15.8. The van der Waals surface area contributed by atoms with E-state index in [1.807, 2.05) is 31.2 Å². The van der Waals surface area contributed by atoms with Crippen LogP contribution in [0.25, 0.3) is 5.69 Å². The summed E-state index contributed by atoms with van der Waals surface area (Å²) in [5, 5.41) is 18.1. The quantitative estimate of drug-likeness (QED) is 0.583. The van der Waals surface area contributed by atoms with E-state index in [1.54, 1.807) is 28.9 Å². The summed E-state index contributed by atoms with van der Waals surface area (Å²) in [4.78, 5) is 24.9. The molecule has 29 heavy (non-hydrogen) atoms. The predicted octanol–water partition coefficient (Wildman–Crippen LogP) is 2.59. The molecule has 1 fully saturated rings. The first kappa shape index (κ1) is 19.1. The van der Waals surface area contributed by atoms with Crippen molar-refractivity contribution in [1.82, 2.24) is 25.5 Å². The number of hydrogen-bond donors (Lipinski definition) is 2. The van der Waals surface area contributed by atoms with Crippen LogP contribution in [0.5, 0.6) is 0 Å². The average molecular weight is 408 g/mol. The fourth-order valence-electron chi connectivity index (χ4n) is 2.82. The molecular formula is C20H20N6O2S. The minimum Gasteiger partial charge on any atom is -0.349 e. The maximum atomic E-state index is 12.5. The first-order chi connectivity index (χ1) is 14.1. The van der Waals surface area contributed by atoms with Crippen LogP contribution in [0.4, 0.5) is 5.69 Å². The third-order valence-electron chi connectivity index (χ3n) is 4.48. The van der Waals surface area contributed by atoms with Gasteiger partial charge in [0, 0.05) is 6.04 Å². The van der Waals surface area contributed by atoms with Crippen molar-refractivity contribution in [1.29, 1.82) is 0 Å². The van der Waals surface area contributed by atoms with Gasteiger partial charge in [0.2, 0.25) is 11.1 Å². The third-order valence-corrected chi connectivity index (χ3v) is 5.39. The van der Waals surface area contributed by atoms with Gasteiger partial charge in [-0.05, 0) is 54.0 Å². The number of rotatable bonds is 7. The van der Waals surface area contributed by atoms with Crippen LogP contribution in [0.15, 0.2) is 53.7 Å². The molecule has 2 N–H and O–H groups in total. The van der Waals surface area contributed by atoms with Crippen LogP contribution in [0.2, 0.25) is 0 Å². The van der Waals surface area contributed by atoms with Gasteiger partial charge >= 0.3 is 0 Å². The Kier molecular flexibility index (Phi) is 5.57. The van der Waals surface area contributed by atoms with Crippen molar-refractivity contribution in [2.45, 2.75) is 31.0 Å². The van der Waals surface area contributed by atoms with Crippen molar-refractivity contribution in [3.63, 3.8) is 0 Å². The van der Waals surface area contributed by atoms with Gasteiger partial charge < -0.3 is 10.6 Å². The van der Waals surface area contributed by atoms with Gasteiger partial charge in [-0.1, -0.05) is 42.1 Å². The number of anilines is 1. The number of hydrogen-bond acceptors (Lipinski definition) is 6. The third kappa shape index (κ3) is 4.62. The van der Waals surface area contributed by atoms with E-state index in [1.165, 1.54) is 11.8 Å². The molecule has 0 unspecified atom stereocenters. The van der Waals surface area contributed by atoms with E-state index in [0.29, 0.717) is 16.4 Å². The lowest BCUT2D eigenvalue weighted by atomic mass is 10.1. The number of carbonyl (C=O) groups is 2. The molecule has 9 heteroatoms. The van der Waals surface area contributed by atoms with Crippen molar-refractivity contribution in [2.75, 3.05) is 11.1 Å². The average Bonchev–Trinajstić information content (AvgIpc) is 3.41. The molecular weight excluding hydrogens is 388 g/mol. The molecule has 4 rings (SSSR count). The lowest BCUT2D eigenvalue weighted by Gasteiger charge is -2.11. The molecule has 1 aliphatic carbocycles. The Bertz CT molecular complexity index is 1050. The molecule has 1 heterocycles. The SMILES string of the molecule is Cc1ccccc1-n1nnnc1SCC(=O)Nc1ccccc1C(=O)NC1CC1.